The van der Waals surface area contributed by atoms with Crippen LogP contribution in [0.5, 0.6) is 0 Å². The van der Waals surface area contributed by atoms with E-state index in [-0.39, 0.29) is 18.1 Å². The molecule has 8 nitrogen and oxygen atoms in total. The molecule has 0 unspecified atom stereocenters. The van der Waals surface area contributed by atoms with E-state index in [1.54, 1.807) is 6.20 Å². The van der Waals surface area contributed by atoms with Crippen LogP contribution in [0, 0.1) is 12.3 Å². The zero-order valence-corrected chi connectivity index (χ0v) is 12.3. The number of oxazole rings is 1. The fourth-order valence-corrected chi connectivity index (χ4v) is 2.29. The lowest BCUT2D eigenvalue weighted by Gasteiger charge is -1.98. The van der Waals surface area contributed by atoms with Gasteiger partial charge >= 0.3 is 5.69 Å². The molecule has 0 saturated carbocycles. The lowest BCUT2D eigenvalue weighted by atomic mass is 10.2. The minimum absolute atomic E-state index is 0.0342. The van der Waals surface area contributed by atoms with E-state index in [0.29, 0.717) is 11.5 Å². The van der Waals surface area contributed by atoms with E-state index in [9.17, 15) is 4.79 Å². The first-order chi connectivity index (χ1) is 11.8. The van der Waals surface area contributed by atoms with Crippen molar-refractivity contribution in [3.8, 4) is 35.3 Å². The molecular weight excluding hydrogens is 308 g/mol. The van der Waals surface area contributed by atoms with Gasteiger partial charge in [0.25, 0.3) is 0 Å². The van der Waals surface area contributed by atoms with Gasteiger partial charge in [0, 0.05) is 5.56 Å². The number of aromatic nitrogens is 6. The van der Waals surface area contributed by atoms with E-state index in [2.05, 4.69) is 26.2 Å². The first-order valence-electron chi connectivity index (χ1n) is 7.04. The number of hydrogen-bond acceptors (Lipinski definition) is 6. The van der Waals surface area contributed by atoms with Gasteiger partial charge in [0.05, 0.1) is 6.20 Å². The Labute approximate surface area is 135 Å². The Hall–Kier alpha value is -3.73. The van der Waals surface area contributed by atoms with Gasteiger partial charge in [-0.05, 0) is 0 Å². The summed E-state index contributed by atoms with van der Waals surface area (Å²) in [5, 5.41) is 7.80. The molecule has 0 bridgehead atoms. The Bertz CT molecular complexity index is 1120. The molecule has 0 saturated heterocycles. The largest absolute Gasteiger partial charge is 0.435 e. The van der Waals surface area contributed by atoms with Crippen LogP contribution in [-0.2, 0) is 6.54 Å². The number of rotatable bonds is 3. The number of imidazole rings is 1. The Morgan fingerprint density at radius 3 is 2.83 bits per heavy atom. The van der Waals surface area contributed by atoms with E-state index in [4.69, 9.17) is 10.8 Å². The molecule has 4 aromatic rings. The maximum absolute atomic E-state index is 12.2. The SMILES string of the molecule is C#CCn1nnc2c(-c3ncc(-c4ccccc4)o3)ncn2c1=O. The van der Waals surface area contributed by atoms with Gasteiger partial charge in [-0.15, -0.1) is 11.5 Å². The third-order valence-corrected chi connectivity index (χ3v) is 3.42. The normalized spacial score (nSPS) is 10.8. The summed E-state index contributed by atoms with van der Waals surface area (Å²) < 4.78 is 8.07. The summed E-state index contributed by atoms with van der Waals surface area (Å²) in [5.74, 6) is 3.21. The third kappa shape index (κ3) is 2.16. The van der Waals surface area contributed by atoms with Gasteiger partial charge in [-0.25, -0.2) is 19.2 Å². The number of nitrogens with zero attached hydrogens (tertiary/aromatic N) is 6. The van der Waals surface area contributed by atoms with E-state index < -0.39 is 5.69 Å². The molecule has 0 atom stereocenters. The van der Waals surface area contributed by atoms with Crippen LogP contribution in [0.15, 0.2) is 52.1 Å². The van der Waals surface area contributed by atoms with Gasteiger partial charge in [0.2, 0.25) is 5.89 Å². The second-order valence-corrected chi connectivity index (χ2v) is 4.92. The smallest absolute Gasteiger partial charge is 0.353 e. The van der Waals surface area contributed by atoms with Crippen LogP contribution in [-0.4, -0.2) is 29.4 Å². The molecule has 0 spiro atoms. The molecule has 3 aromatic heterocycles. The van der Waals surface area contributed by atoms with Crippen LogP contribution < -0.4 is 5.69 Å². The summed E-state index contributed by atoms with van der Waals surface area (Å²) in [7, 11) is 0. The molecule has 0 radical (unpaired) electrons. The highest BCUT2D eigenvalue weighted by molar-refractivity contribution is 5.68. The van der Waals surface area contributed by atoms with Crippen molar-refractivity contribution >= 4 is 5.65 Å². The number of terminal acetylenes is 1. The maximum Gasteiger partial charge on any atom is 0.353 e. The highest BCUT2D eigenvalue weighted by Gasteiger charge is 2.17. The van der Waals surface area contributed by atoms with Gasteiger partial charge in [0.15, 0.2) is 17.1 Å². The van der Waals surface area contributed by atoms with Crippen molar-refractivity contribution in [1.82, 2.24) is 29.4 Å². The van der Waals surface area contributed by atoms with E-state index in [0.717, 1.165) is 10.2 Å². The molecule has 116 valence electrons. The average Bonchev–Trinajstić information content (AvgIpc) is 3.25. The van der Waals surface area contributed by atoms with Crippen molar-refractivity contribution in [2.45, 2.75) is 6.54 Å². The monoisotopic (exact) mass is 318 g/mol. The van der Waals surface area contributed by atoms with E-state index >= 15 is 0 Å². The fourth-order valence-electron chi connectivity index (χ4n) is 2.29. The highest BCUT2D eigenvalue weighted by Crippen LogP contribution is 2.26. The predicted octanol–water partition coefficient (Wildman–Crippen LogP) is 1.24. The van der Waals surface area contributed by atoms with Crippen LogP contribution in [0.2, 0.25) is 0 Å². The van der Waals surface area contributed by atoms with Gasteiger partial charge in [0.1, 0.15) is 12.9 Å². The molecule has 3 heterocycles. The van der Waals surface area contributed by atoms with Crippen molar-refractivity contribution in [2.24, 2.45) is 0 Å². The predicted molar refractivity (Wildman–Crippen MR) is 84.8 cm³/mol. The topological polar surface area (TPSA) is 91.1 Å². The van der Waals surface area contributed by atoms with Crippen LogP contribution in [0.1, 0.15) is 0 Å². The second kappa shape index (κ2) is 5.48. The maximum atomic E-state index is 12.2. The number of benzene rings is 1. The first kappa shape index (κ1) is 13.9. The van der Waals surface area contributed by atoms with Crippen molar-refractivity contribution in [3.05, 3.63) is 53.3 Å². The Kier molecular flexibility index (Phi) is 3.17. The Morgan fingerprint density at radius 2 is 2.04 bits per heavy atom. The number of fused-ring (bicyclic) bond motifs is 1. The van der Waals surface area contributed by atoms with E-state index in [1.807, 2.05) is 30.3 Å². The summed E-state index contributed by atoms with van der Waals surface area (Å²) in [6, 6.07) is 9.55. The van der Waals surface area contributed by atoms with Gasteiger partial charge in [-0.2, -0.15) is 4.68 Å². The van der Waals surface area contributed by atoms with Crippen LogP contribution in [0.25, 0.3) is 28.6 Å². The van der Waals surface area contributed by atoms with Gasteiger partial charge in [-0.3, -0.25) is 0 Å². The third-order valence-electron chi connectivity index (χ3n) is 3.42. The summed E-state index contributed by atoms with van der Waals surface area (Å²) in [4.78, 5) is 20.6. The summed E-state index contributed by atoms with van der Waals surface area (Å²) in [6.07, 6.45) is 8.15. The van der Waals surface area contributed by atoms with Crippen molar-refractivity contribution in [1.29, 1.82) is 0 Å². The minimum Gasteiger partial charge on any atom is -0.435 e. The fraction of sp³-hybridized carbons (Fsp3) is 0.0625. The average molecular weight is 318 g/mol. The van der Waals surface area contributed by atoms with Crippen molar-refractivity contribution in [3.63, 3.8) is 0 Å². The van der Waals surface area contributed by atoms with Crippen LogP contribution in [0.3, 0.4) is 0 Å². The zero-order chi connectivity index (χ0) is 16.5. The zero-order valence-electron chi connectivity index (χ0n) is 12.3. The van der Waals surface area contributed by atoms with E-state index in [1.165, 1.54) is 10.7 Å². The molecule has 8 heteroatoms. The quantitative estimate of drug-likeness (QED) is 0.528. The van der Waals surface area contributed by atoms with Crippen molar-refractivity contribution in [2.75, 3.05) is 0 Å². The molecule has 0 fully saturated rings. The lowest BCUT2D eigenvalue weighted by molar-refractivity contribution is 0.574. The number of hydrogen-bond donors (Lipinski definition) is 0. The summed E-state index contributed by atoms with van der Waals surface area (Å²) in [5.41, 5.74) is 1.07. The van der Waals surface area contributed by atoms with Crippen LogP contribution >= 0.6 is 0 Å². The summed E-state index contributed by atoms with van der Waals surface area (Å²) in [6.45, 7) is 0.0342. The molecule has 4 rings (SSSR count). The van der Waals surface area contributed by atoms with Gasteiger partial charge < -0.3 is 4.42 Å². The molecule has 0 amide bonds. The molecule has 24 heavy (non-hydrogen) atoms. The molecular formula is C16H10N6O2. The Morgan fingerprint density at radius 1 is 1.21 bits per heavy atom. The highest BCUT2D eigenvalue weighted by atomic mass is 16.4. The van der Waals surface area contributed by atoms with Crippen LogP contribution in [0.4, 0.5) is 0 Å². The van der Waals surface area contributed by atoms with Crippen molar-refractivity contribution < 1.29 is 4.42 Å². The summed E-state index contributed by atoms with van der Waals surface area (Å²) >= 11 is 0. The first-order valence-corrected chi connectivity index (χ1v) is 7.04. The minimum atomic E-state index is -0.425. The molecule has 0 aliphatic heterocycles. The molecule has 1 aromatic carbocycles. The Balaban J connectivity index is 1.81. The standard InChI is InChI=1S/C16H10N6O2/c1-2-8-22-16(23)21-10-18-13(14(21)19-20-22)15-17-9-12(24-15)11-6-4-3-5-7-11/h1,3-7,9-10H,8H2. The van der Waals surface area contributed by atoms with Gasteiger partial charge in [-0.1, -0.05) is 41.5 Å². The lowest BCUT2D eigenvalue weighted by Crippen LogP contribution is -2.29. The molecule has 0 aliphatic carbocycles. The molecule has 0 aliphatic rings. The molecule has 0 N–H and O–H groups in total. The second-order valence-electron chi connectivity index (χ2n) is 4.92.